The van der Waals surface area contributed by atoms with Crippen LogP contribution >= 0.6 is 0 Å². The minimum atomic E-state index is -3.89. The molecule has 0 bridgehead atoms. The van der Waals surface area contributed by atoms with E-state index in [4.69, 9.17) is 0 Å². The maximum absolute atomic E-state index is 12.9. The molecule has 0 spiro atoms. The van der Waals surface area contributed by atoms with Crippen LogP contribution in [0.3, 0.4) is 0 Å². The van der Waals surface area contributed by atoms with Crippen LogP contribution in [0.25, 0.3) is 11.4 Å². The highest BCUT2D eigenvalue weighted by molar-refractivity contribution is 7.89. The molecule has 3 rings (SSSR count). The number of halogens is 1. The van der Waals surface area contributed by atoms with Gasteiger partial charge in [-0.2, -0.15) is 8.42 Å². The van der Waals surface area contributed by atoms with Crippen LogP contribution in [0.1, 0.15) is 0 Å². The van der Waals surface area contributed by atoms with E-state index in [1.54, 1.807) is 18.3 Å². The van der Waals surface area contributed by atoms with E-state index in [-0.39, 0.29) is 10.7 Å². The average Bonchev–Trinajstić information content (AvgIpc) is 2.99. The third-order valence-corrected chi connectivity index (χ3v) is 4.29. The Balaban J connectivity index is 2.01. The van der Waals surface area contributed by atoms with Crippen LogP contribution in [0, 0.1) is 5.82 Å². The van der Waals surface area contributed by atoms with Crippen molar-refractivity contribution in [1.82, 2.24) is 19.2 Å². The van der Waals surface area contributed by atoms with E-state index in [9.17, 15) is 12.8 Å². The molecule has 0 unspecified atom stereocenters. The second kappa shape index (κ2) is 5.06. The van der Waals surface area contributed by atoms with Gasteiger partial charge in [-0.1, -0.05) is 0 Å². The van der Waals surface area contributed by atoms with E-state index in [1.807, 2.05) is 0 Å². The van der Waals surface area contributed by atoms with Gasteiger partial charge in [-0.05, 0) is 36.4 Å². The fourth-order valence-corrected chi connectivity index (χ4v) is 2.76. The van der Waals surface area contributed by atoms with Crippen molar-refractivity contribution in [2.45, 2.75) is 4.90 Å². The Morgan fingerprint density at radius 2 is 1.86 bits per heavy atom. The number of hydrogen-bond acceptors (Lipinski definition) is 5. The molecular formula is C13H9FN4O2S. The first-order chi connectivity index (χ1) is 10.1. The molecule has 3 aromatic rings. The lowest BCUT2D eigenvalue weighted by Gasteiger charge is -2.02. The molecule has 21 heavy (non-hydrogen) atoms. The maximum Gasteiger partial charge on any atom is 0.284 e. The minimum Gasteiger partial charge on any atom is -0.264 e. The summed E-state index contributed by atoms with van der Waals surface area (Å²) in [6, 6.07) is 7.92. The molecule has 0 saturated heterocycles. The first-order valence-corrected chi connectivity index (χ1v) is 7.34. The Morgan fingerprint density at radius 1 is 1.10 bits per heavy atom. The Kier molecular flexibility index (Phi) is 3.22. The average molecular weight is 304 g/mol. The minimum absolute atomic E-state index is 0.0634. The van der Waals surface area contributed by atoms with Crippen molar-refractivity contribution in [2.24, 2.45) is 0 Å². The van der Waals surface area contributed by atoms with Gasteiger partial charge in [-0.3, -0.25) is 4.98 Å². The predicted molar refractivity (Wildman–Crippen MR) is 72.2 cm³/mol. The quantitative estimate of drug-likeness (QED) is 0.736. The SMILES string of the molecule is O=S(=O)(c1ccc(F)cc1)n1cnc(-c2cccnc2)n1. The highest BCUT2D eigenvalue weighted by Crippen LogP contribution is 2.16. The van der Waals surface area contributed by atoms with Crippen molar-refractivity contribution in [3.8, 4) is 11.4 Å². The van der Waals surface area contributed by atoms with Gasteiger partial charge in [0.15, 0.2) is 5.82 Å². The standard InChI is InChI=1S/C13H9FN4O2S/c14-11-3-5-12(6-4-11)21(19,20)18-9-16-13(17-18)10-2-1-7-15-8-10/h1-9H. The Bertz CT molecular complexity index is 861. The molecule has 0 N–H and O–H groups in total. The molecule has 8 heteroatoms. The monoisotopic (exact) mass is 304 g/mol. The van der Waals surface area contributed by atoms with Crippen LogP contribution in [0.2, 0.25) is 0 Å². The molecule has 2 heterocycles. The van der Waals surface area contributed by atoms with Crippen LogP contribution in [-0.2, 0) is 10.0 Å². The van der Waals surface area contributed by atoms with Gasteiger partial charge < -0.3 is 0 Å². The maximum atomic E-state index is 12.9. The van der Waals surface area contributed by atoms with E-state index >= 15 is 0 Å². The van der Waals surface area contributed by atoms with Gasteiger partial charge in [-0.15, -0.1) is 9.19 Å². The molecule has 0 fully saturated rings. The van der Waals surface area contributed by atoms with Crippen molar-refractivity contribution in [2.75, 3.05) is 0 Å². The van der Waals surface area contributed by atoms with Crippen LogP contribution in [0.5, 0.6) is 0 Å². The molecule has 0 atom stereocenters. The van der Waals surface area contributed by atoms with E-state index in [0.29, 0.717) is 5.56 Å². The van der Waals surface area contributed by atoms with Crippen molar-refractivity contribution in [1.29, 1.82) is 0 Å². The van der Waals surface area contributed by atoms with Gasteiger partial charge >= 0.3 is 0 Å². The summed E-state index contributed by atoms with van der Waals surface area (Å²) in [5.74, 6) is -0.266. The summed E-state index contributed by atoms with van der Waals surface area (Å²) in [4.78, 5) is 7.81. The van der Waals surface area contributed by atoms with E-state index in [2.05, 4.69) is 15.1 Å². The van der Waals surface area contributed by atoms with Gasteiger partial charge in [0.25, 0.3) is 10.0 Å². The van der Waals surface area contributed by atoms with Crippen molar-refractivity contribution in [3.63, 3.8) is 0 Å². The lowest BCUT2D eigenvalue weighted by molar-refractivity contribution is 0.579. The van der Waals surface area contributed by atoms with Crippen LogP contribution in [-0.4, -0.2) is 27.6 Å². The van der Waals surface area contributed by atoms with Crippen LogP contribution in [0.15, 0.2) is 60.0 Å². The van der Waals surface area contributed by atoms with Crippen LogP contribution < -0.4 is 0 Å². The summed E-state index contributed by atoms with van der Waals surface area (Å²) in [6.07, 6.45) is 4.22. The molecule has 0 saturated carbocycles. The Hall–Kier alpha value is -2.61. The van der Waals surface area contributed by atoms with E-state index in [1.165, 1.54) is 18.3 Å². The summed E-state index contributed by atoms with van der Waals surface area (Å²) in [5, 5.41) is 3.93. The van der Waals surface area contributed by atoms with Gasteiger partial charge in [0.2, 0.25) is 0 Å². The van der Waals surface area contributed by atoms with E-state index in [0.717, 1.165) is 22.5 Å². The Labute approximate surface area is 120 Å². The molecule has 0 radical (unpaired) electrons. The summed E-state index contributed by atoms with van der Waals surface area (Å²) < 4.78 is 38.2. The first-order valence-electron chi connectivity index (χ1n) is 5.90. The molecule has 0 aliphatic carbocycles. The summed E-state index contributed by atoms with van der Waals surface area (Å²) in [6.45, 7) is 0. The van der Waals surface area contributed by atoms with Gasteiger partial charge in [0, 0.05) is 18.0 Å². The Morgan fingerprint density at radius 3 is 2.52 bits per heavy atom. The predicted octanol–water partition coefficient (Wildman–Crippen LogP) is 1.72. The molecule has 1 aromatic carbocycles. The number of nitrogens with zero attached hydrogens (tertiary/aromatic N) is 4. The normalized spacial score (nSPS) is 11.5. The second-order valence-corrected chi connectivity index (χ2v) is 5.94. The third-order valence-electron chi connectivity index (χ3n) is 2.75. The highest BCUT2D eigenvalue weighted by Gasteiger charge is 2.19. The molecule has 0 aliphatic rings. The molecule has 2 aromatic heterocycles. The number of hydrogen-bond donors (Lipinski definition) is 0. The topological polar surface area (TPSA) is 77.7 Å². The van der Waals surface area contributed by atoms with Gasteiger partial charge in [-0.25, -0.2) is 9.37 Å². The zero-order chi connectivity index (χ0) is 14.9. The largest absolute Gasteiger partial charge is 0.284 e. The van der Waals surface area contributed by atoms with Crippen molar-refractivity contribution in [3.05, 3.63) is 60.9 Å². The first kappa shape index (κ1) is 13.4. The summed E-state index contributed by atoms with van der Waals surface area (Å²) in [5.41, 5.74) is 0.602. The third kappa shape index (κ3) is 2.52. The molecular weight excluding hydrogens is 295 g/mol. The highest BCUT2D eigenvalue weighted by atomic mass is 32.2. The fourth-order valence-electron chi connectivity index (χ4n) is 1.71. The van der Waals surface area contributed by atoms with Gasteiger partial charge in [0.1, 0.15) is 12.1 Å². The molecule has 0 amide bonds. The zero-order valence-corrected chi connectivity index (χ0v) is 11.4. The lowest BCUT2D eigenvalue weighted by Crippen LogP contribution is -2.13. The zero-order valence-electron chi connectivity index (χ0n) is 10.6. The summed E-state index contributed by atoms with van der Waals surface area (Å²) in [7, 11) is -3.89. The van der Waals surface area contributed by atoms with Crippen molar-refractivity contribution >= 4 is 10.0 Å². The summed E-state index contributed by atoms with van der Waals surface area (Å²) >= 11 is 0. The molecule has 6 nitrogen and oxygen atoms in total. The number of rotatable bonds is 3. The number of pyridine rings is 1. The molecule has 106 valence electrons. The lowest BCUT2D eigenvalue weighted by atomic mass is 10.3. The van der Waals surface area contributed by atoms with Crippen LogP contribution in [0.4, 0.5) is 4.39 Å². The molecule has 0 aliphatic heterocycles. The van der Waals surface area contributed by atoms with Gasteiger partial charge in [0.05, 0.1) is 4.90 Å². The second-order valence-electron chi connectivity index (χ2n) is 4.14. The number of benzene rings is 1. The van der Waals surface area contributed by atoms with E-state index < -0.39 is 15.8 Å². The van der Waals surface area contributed by atoms with Crippen molar-refractivity contribution < 1.29 is 12.8 Å². The smallest absolute Gasteiger partial charge is 0.264 e. The fraction of sp³-hybridized carbons (Fsp3) is 0. The number of aromatic nitrogens is 4.